The number of amides is 1. The first-order valence-corrected chi connectivity index (χ1v) is 22.9. The first kappa shape index (κ1) is 38.4. The summed E-state index contributed by atoms with van der Waals surface area (Å²) in [5, 5.41) is 15.2. The highest BCUT2D eigenvalue weighted by molar-refractivity contribution is 6.74. The number of rotatable bonds is 12. The van der Waals surface area contributed by atoms with Crippen molar-refractivity contribution in [3.63, 3.8) is 0 Å². The fourth-order valence-electron chi connectivity index (χ4n) is 5.72. The fraction of sp³-hybridized carbons (Fsp3) is 0.676. The van der Waals surface area contributed by atoms with Crippen LogP contribution in [0, 0.1) is 0 Å². The number of nitrogens with two attached hydrogens (primary N) is 1. The summed E-state index contributed by atoms with van der Waals surface area (Å²) in [6, 6.07) is 7.96. The number of nitrogens with one attached hydrogen (secondary N) is 2. The number of H-pyrrole nitrogens is 1. The van der Waals surface area contributed by atoms with Gasteiger partial charge >= 0.3 is 5.69 Å². The zero-order valence-electron chi connectivity index (χ0n) is 30.3. The number of aromatic amines is 1. The summed E-state index contributed by atoms with van der Waals surface area (Å²) in [4.78, 5) is 43.8. The summed E-state index contributed by atoms with van der Waals surface area (Å²) < 4.78 is 22.2. The number of carbonyl (C=O) groups excluding carboxylic acids is 1. The van der Waals surface area contributed by atoms with E-state index in [0.717, 1.165) is 11.3 Å². The number of benzene rings is 1. The minimum absolute atomic E-state index is 0.211. The second-order valence-corrected chi connectivity index (χ2v) is 25.6. The van der Waals surface area contributed by atoms with Crippen LogP contribution in [0.4, 0.5) is 5.69 Å². The molecule has 2 aliphatic rings. The molecule has 1 saturated heterocycles. The van der Waals surface area contributed by atoms with Crippen LogP contribution in [-0.2, 0) is 24.8 Å². The van der Waals surface area contributed by atoms with E-state index < -0.39 is 64.6 Å². The van der Waals surface area contributed by atoms with E-state index in [1.54, 1.807) is 4.90 Å². The van der Waals surface area contributed by atoms with Crippen LogP contribution in [0.5, 0.6) is 0 Å². The van der Waals surface area contributed by atoms with Crippen LogP contribution in [0.3, 0.4) is 0 Å². The molecule has 4 rings (SSSR count). The van der Waals surface area contributed by atoms with Crippen LogP contribution < -0.4 is 27.2 Å². The number of fused-ring (bicyclic) bond motifs is 1. The summed E-state index contributed by atoms with van der Waals surface area (Å²) in [6.45, 7) is 22.5. The number of ether oxygens (including phenoxy) is 1. The zero-order chi connectivity index (χ0) is 35.8. The van der Waals surface area contributed by atoms with Crippen molar-refractivity contribution in [1.29, 1.82) is 0 Å². The number of nitrogens with zero attached hydrogens (tertiary/aromatic N) is 2. The number of aliphatic hydroxyl groups is 1. The smallest absolute Gasteiger partial charge is 0.330 e. The van der Waals surface area contributed by atoms with Gasteiger partial charge in [-0.3, -0.25) is 19.1 Å². The van der Waals surface area contributed by atoms with Gasteiger partial charge in [0.05, 0.1) is 0 Å². The molecular weight excluding hydrogens is 647 g/mol. The van der Waals surface area contributed by atoms with Crippen LogP contribution >= 0.6 is 0 Å². The lowest BCUT2D eigenvalue weighted by atomic mass is 9.98. The maximum absolute atomic E-state index is 14.4. The molecule has 1 aromatic carbocycles. The molecule has 2 aliphatic heterocycles. The molecule has 1 aromatic heterocycles. The Labute approximate surface area is 286 Å². The van der Waals surface area contributed by atoms with E-state index in [1.165, 1.54) is 16.8 Å². The SMILES string of the molecule is CC(C)(C)[Si](C)(C)O[C@@H]1[C@@H]([C@H](O)[C@H](NCCCN)C(=O)N2CCc3ccccc32)O[C@@H](n2ccc(=O)[nH]c2=O)[C@@H]1O[Si](C)(C)C(C)(C)C. The normalized spacial score (nSPS) is 23.3. The van der Waals surface area contributed by atoms with Gasteiger partial charge in [0.25, 0.3) is 5.56 Å². The summed E-state index contributed by atoms with van der Waals surface area (Å²) >= 11 is 0. The van der Waals surface area contributed by atoms with Gasteiger partial charge in [0, 0.05) is 24.5 Å². The lowest BCUT2D eigenvalue weighted by Crippen LogP contribution is -2.60. The zero-order valence-corrected chi connectivity index (χ0v) is 32.3. The van der Waals surface area contributed by atoms with Gasteiger partial charge < -0.3 is 34.6 Å². The highest BCUT2D eigenvalue weighted by atomic mass is 28.4. The van der Waals surface area contributed by atoms with Crippen molar-refractivity contribution in [2.24, 2.45) is 5.73 Å². The second-order valence-electron chi connectivity index (χ2n) is 16.1. The Kier molecular flexibility index (Phi) is 11.5. The average molecular weight is 704 g/mol. The highest BCUT2D eigenvalue weighted by Crippen LogP contribution is 2.46. The largest absolute Gasteiger partial charge is 0.408 e. The van der Waals surface area contributed by atoms with Crippen molar-refractivity contribution in [3.05, 3.63) is 62.9 Å². The molecule has 1 amide bonds. The van der Waals surface area contributed by atoms with Gasteiger partial charge in [0.1, 0.15) is 30.5 Å². The Bertz CT molecular complexity index is 1550. The molecule has 14 heteroatoms. The molecule has 0 spiro atoms. The molecule has 5 N–H and O–H groups in total. The van der Waals surface area contributed by atoms with E-state index in [1.807, 2.05) is 24.3 Å². The summed E-state index contributed by atoms with van der Waals surface area (Å²) in [7, 11) is -5.13. The number of para-hydroxylation sites is 1. The Balaban J connectivity index is 1.85. The molecule has 48 heavy (non-hydrogen) atoms. The van der Waals surface area contributed by atoms with E-state index in [9.17, 15) is 19.5 Å². The molecule has 3 heterocycles. The molecule has 0 bridgehead atoms. The van der Waals surface area contributed by atoms with Crippen LogP contribution in [0.15, 0.2) is 46.1 Å². The number of hydrogen-bond acceptors (Lipinski definition) is 9. The van der Waals surface area contributed by atoms with Gasteiger partial charge in [-0.15, -0.1) is 0 Å². The number of aliphatic hydroxyl groups excluding tert-OH is 1. The van der Waals surface area contributed by atoms with Crippen LogP contribution in [-0.4, -0.2) is 87.3 Å². The fourth-order valence-corrected chi connectivity index (χ4v) is 8.31. The topological polar surface area (TPSA) is 161 Å². The van der Waals surface area contributed by atoms with Crippen LogP contribution in [0.2, 0.25) is 36.3 Å². The maximum Gasteiger partial charge on any atom is 0.330 e. The second kappa shape index (κ2) is 14.4. The van der Waals surface area contributed by atoms with Gasteiger partial charge in [0.15, 0.2) is 22.9 Å². The van der Waals surface area contributed by atoms with Gasteiger partial charge in [-0.25, -0.2) is 4.79 Å². The lowest BCUT2D eigenvalue weighted by Gasteiger charge is -2.44. The molecule has 1 fully saturated rings. The Morgan fingerprint density at radius 1 is 1.04 bits per heavy atom. The van der Waals surface area contributed by atoms with E-state index in [0.29, 0.717) is 32.5 Å². The number of anilines is 1. The molecule has 0 radical (unpaired) electrons. The average Bonchev–Trinajstić information content (AvgIpc) is 3.55. The predicted molar refractivity (Wildman–Crippen MR) is 193 cm³/mol. The molecule has 268 valence electrons. The van der Waals surface area contributed by atoms with Crippen molar-refractivity contribution in [2.45, 2.75) is 127 Å². The Morgan fingerprint density at radius 2 is 1.65 bits per heavy atom. The van der Waals surface area contributed by atoms with Crippen molar-refractivity contribution >= 4 is 28.2 Å². The first-order chi connectivity index (χ1) is 22.2. The standard InChI is InChI=1S/C34H57N5O7Si2/c1-33(2,3)47(7,8)45-28-27(26(41)25(36-19-13-18-35)30(42)38-20-16-22-14-11-12-15-23(22)38)44-31(39-21-17-24(40)37-32(39)43)29(28)46-48(9,10)34(4,5)6/h11-12,14-15,17,21,25-29,31,36,41H,13,16,18-20,35H2,1-10H3,(H,37,40,43)/t25-,26+,27+,28+,29+,31+/m0/s1. The van der Waals surface area contributed by atoms with Crippen molar-refractivity contribution in [3.8, 4) is 0 Å². The minimum atomic E-state index is -2.57. The van der Waals surface area contributed by atoms with Gasteiger partial charge in [-0.05, 0) is 73.8 Å². The third kappa shape index (κ3) is 7.96. The van der Waals surface area contributed by atoms with Crippen molar-refractivity contribution < 1.29 is 23.5 Å². The monoisotopic (exact) mass is 703 g/mol. The third-order valence-corrected chi connectivity index (χ3v) is 19.6. The Hall–Kier alpha value is -2.44. The summed E-state index contributed by atoms with van der Waals surface area (Å²) in [5.74, 6) is -0.286. The van der Waals surface area contributed by atoms with Crippen LogP contribution in [0.1, 0.15) is 59.8 Å². The number of carbonyl (C=O) groups is 1. The number of aromatic nitrogens is 2. The van der Waals surface area contributed by atoms with Gasteiger partial charge in [0.2, 0.25) is 5.91 Å². The third-order valence-electron chi connectivity index (χ3n) is 10.7. The molecular formula is C34H57N5O7Si2. The van der Waals surface area contributed by atoms with E-state index in [4.69, 9.17) is 19.3 Å². The summed E-state index contributed by atoms with van der Waals surface area (Å²) in [6.07, 6.45) is -2.52. The molecule has 12 nitrogen and oxygen atoms in total. The summed E-state index contributed by atoms with van der Waals surface area (Å²) in [5.41, 5.74) is 6.50. The first-order valence-electron chi connectivity index (χ1n) is 17.0. The van der Waals surface area contributed by atoms with Gasteiger partial charge in [-0.1, -0.05) is 59.7 Å². The van der Waals surface area contributed by atoms with Gasteiger partial charge in [-0.2, -0.15) is 0 Å². The quantitative estimate of drug-likeness (QED) is 0.192. The van der Waals surface area contributed by atoms with E-state index in [-0.39, 0.29) is 16.0 Å². The van der Waals surface area contributed by atoms with E-state index >= 15 is 0 Å². The molecule has 0 unspecified atom stereocenters. The van der Waals surface area contributed by atoms with Crippen molar-refractivity contribution in [2.75, 3.05) is 24.5 Å². The molecule has 2 aromatic rings. The lowest BCUT2D eigenvalue weighted by molar-refractivity contribution is -0.131. The molecule has 6 atom stereocenters. The van der Waals surface area contributed by atoms with E-state index in [2.05, 4.69) is 78.0 Å². The molecule has 0 saturated carbocycles. The Morgan fingerprint density at radius 3 is 2.23 bits per heavy atom. The van der Waals surface area contributed by atoms with Crippen molar-refractivity contribution in [1.82, 2.24) is 14.9 Å². The number of hydrogen-bond donors (Lipinski definition) is 4. The molecule has 0 aliphatic carbocycles. The highest BCUT2D eigenvalue weighted by Gasteiger charge is 2.57. The minimum Gasteiger partial charge on any atom is -0.408 e. The maximum atomic E-state index is 14.4. The van der Waals surface area contributed by atoms with Crippen LogP contribution in [0.25, 0.3) is 0 Å². The predicted octanol–water partition coefficient (Wildman–Crippen LogP) is 3.47.